The quantitative estimate of drug-likeness (QED) is 0.369. The van der Waals surface area contributed by atoms with Crippen molar-refractivity contribution in [2.45, 2.75) is 25.1 Å². The smallest absolute Gasteiger partial charge is 0.417 e. The Bertz CT molecular complexity index is 1280. The predicted molar refractivity (Wildman–Crippen MR) is 114 cm³/mol. The van der Waals surface area contributed by atoms with Crippen LogP contribution in [0.2, 0.25) is 0 Å². The van der Waals surface area contributed by atoms with E-state index < -0.39 is 11.7 Å². The molecule has 1 fully saturated rings. The van der Waals surface area contributed by atoms with E-state index in [1.807, 2.05) is 18.2 Å². The summed E-state index contributed by atoms with van der Waals surface area (Å²) in [4.78, 5) is 19.3. The summed E-state index contributed by atoms with van der Waals surface area (Å²) >= 11 is 0. The van der Waals surface area contributed by atoms with Crippen molar-refractivity contribution in [3.8, 4) is 11.1 Å². The molecule has 0 aliphatic carbocycles. The lowest BCUT2D eigenvalue weighted by molar-refractivity contribution is -0.137. The minimum atomic E-state index is -4.46. The Balaban J connectivity index is 1.49. The Labute approximate surface area is 182 Å². The van der Waals surface area contributed by atoms with Crippen LogP contribution in [0.4, 0.5) is 13.2 Å². The van der Waals surface area contributed by atoms with Crippen molar-refractivity contribution in [3.05, 3.63) is 89.8 Å². The van der Waals surface area contributed by atoms with Crippen LogP contribution in [-0.4, -0.2) is 22.3 Å². The monoisotopic (exact) mass is 436 g/mol. The van der Waals surface area contributed by atoms with Gasteiger partial charge in [0.2, 0.25) is 5.89 Å². The highest BCUT2D eigenvalue weighted by atomic mass is 19.4. The third kappa shape index (κ3) is 3.64. The molecule has 0 radical (unpaired) electrons. The first-order chi connectivity index (χ1) is 15.4. The summed E-state index contributed by atoms with van der Waals surface area (Å²) < 4.78 is 46.3. The fourth-order valence-electron chi connectivity index (χ4n) is 4.25. The van der Waals surface area contributed by atoms with Crippen LogP contribution in [0.1, 0.15) is 40.7 Å². The molecule has 32 heavy (non-hydrogen) atoms. The zero-order valence-corrected chi connectivity index (χ0v) is 17.0. The van der Waals surface area contributed by atoms with E-state index in [0.29, 0.717) is 34.7 Å². The number of carbonyl (C=O) groups excluding carboxylic acids is 1. The number of carbonyl (C=O) groups is 1. The molecule has 0 N–H and O–H groups in total. The first-order valence-corrected chi connectivity index (χ1v) is 10.3. The van der Waals surface area contributed by atoms with Gasteiger partial charge in [-0.15, -0.1) is 0 Å². The number of fused-ring (bicyclic) bond motifs is 1. The van der Waals surface area contributed by atoms with E-state index >= 15 is 0 Å². The van der Waals surface area contributed by atoms with E-state index in [-0.39, 0.29) is 17.5 Å². The van der Waals surface area contributed by atoms with Gasteiger partial charge in [0.15, 0.2) is 5.58 Å². The molecule has 1 aliphatic rings. The SMILES string of the molecule is O=C(c1ccccc1)N1CCCC1c1nc2cc(-c3ccccc3C(F)(F)F)ccc2o1. The van der Waals surface area contributed by atoms with Crippen molar-refractivity contribution in [2.24, 2.45) is 0 Å². The lowest BCUT2D eigenvalue weighted by Crippen LogP contribution is -2.30. The van der Waals surface area contributed by atoms with Gasteiger partial charge in [0.05, 0.1) is 5.56 Å². The molecule has 1 amide bonds. The molecule has 7 heteroatoms. The second kappa shape index (κ2) is 7.82. The van der Waals surface area contributed by atoms with Crippen molar-refractivity contribution >= 4 is 17.0 Å². The molecular formula is C25H19F3N2O2. The predicted octanol–water partition coefficient (Wildman–Crippen LogP) is 6.49. The maximum absolute atomic E-state index is 13.4. The number of oxazole rings is 1. The number of nitrogens with zero attached hydrogens (tertiary/aromatic N) is 2. The van der Waals surface area contributed by atoms with E-state index in [1.165, 1.54) is 12.1 Å². The molecule has 1 aromatic heterocycles. The van der Waals surface area contributed by atoms with Crippen molar-refractivity contribution in [1.82, 2.24) is 9.88 Å². The summed E-state index contributed by atoms with van der Waals surface area (Å²) in [5.74, 6) is 0.318. The van der Waals surface area contributed by atoms with E-state index in [4.69, 9.17) is 4.42 Å². The number of benzene rings is 3. The van der Waals surface area contributed by atoms with Gasteiger partial charge in [-0.25, -0.2) is 4.98 Å². The minimum Gasteiger partial charge on any atom is -0.438 e. The van der Waals surface area contributed by atoms with Crippen molar-refractivity contribution in [2.75, 3.05) is 6.54 Å². The Morgan fingerprint density at radius 1 is 1.00 bits per heavy atom. The normalized spacial score (nSPS) is 16.6. The van der Waals surface area contributed by atoms with E-state index in [9.17, 15) is 18.0 Å². The van der Waals surface area contributed by atoms with Gasteiger partial charge in [-0.3, -0.25) is 4.79 Å². The van der Waals surface area contributed by atoms with Crippen LogP contribution in [0.15, 0.2) is 77.2 Å². The average molecular weight is 436 g/mol. The first-order valence-electron chi connectivity index (χ1n) is 10.3. The van der Waals surface area contributed by atoms with Gasteiger partial charge in [-0.05, 0) is 54.3 Å². The van der Waals surface area contributed by atoms with Crippen molar-refractivity contribution < 1.29 is 22.4 Å². The first kappa shape index (κ1) is 20.3. The fraction of sp³-hybridized carbons (Fsp3) is 0.200. The van der Waals surface area contributed by atoms with Gasteiger partial charge in [0.25, 0.3) is 5.91 Å². The Hall–Kier alpha value is -3.61. The highest BCUT2D eigenvalue weighted by Crippen LogP contribution is 2.39. The molecule has 0 spiro atoms. The van der Waals surface area contributed by atoms with Crippen LogP contribution in [0.25, 0.3) is 22.2 Å². The fourth-order valence-corrected chi connectivity index (χ4v) is 4.25. The number of amides is 1. The molecule has 1 aliphatic heterocycles. The van der Waals surface area contributed by atoms with Crippen molar-refractivity contribution in [1.29, 1.82) is 0 Å². The molecule has 162 valence electrons. The van der Waals surface area contributed by atoms with Crippen LogP contribution in [0.5, 0.6) is 0 Å². The molecule has 1 unspecified atom stereocenters. The summed E-state index contributed by atoms with van der Waals surface area (Å²) in [6.07, 6.45) is -2.91. The number of rotatable bonds is 3. The summed E-state index contributed by atoms with van der Waals surface area (Å²) in [7, 11) is 0. The summed E-state index contributed by atoms with van der Waals surface area (Å²) in [6.45, 7) is 0.599. The van der Waals surface area contributed by atoms with Crippen LogP contribution in [-0.2, 0) is 6.18 Å². The molecule has 1 saturated heterocycles. The van der Waals surface area contributed by atoms with E-state index in [2.05, 4.69) is 4.98 Å². The molecule has 0 bridgehead atoms. The number of halogens is 3. The van der Waals surface area contributed by atoms with Crippen LogP contribution < -0.4 is 0 Å². The number of alkyl halides is 3. The number of hydrogen-bond acceptors (Lipinski definition) is 3. The second-order valence-corrected chi connectivity index (χ2v) is 7.80. The molecule has 0 saturated carbocycles. The topological polar surface area (TPSA) is 46.3 Å². The molecule has 5 rings (SSSR count). The number of hydrogen-bond donors (Lipinski definition) is 0. The van der Waals surface area contributed by atoms with Crippen LogP contribution >= 0.6 is 0 Å². The summed E-state index contributed by atoms with van der Waals surface area (Å²) in [6, 6.07) is 19.0. The molecular weight excluding hydrogens is 417 g/mol. The van der Waals surface area contributed by atoms with Gasteiger partial charge in [0, 0.05) is 12.1 Å². The van der Waals surface area contributed by atoms with E-state index in [0.717, 1.165) is 18.9 Å². The summed E-state index contributed by atoms with van der Waals surface area (Å²) in [5.41, 5.74) is 1.35. The van der Waals surface area contributed by atoms with E-state index in [1.54, 1.807) is 41.3 Å². The third-order valence-corrected chi connectivity index (χ3v) is 5.77. The maximum atomic E-state index is 13.4. The van der Waals surface area contributed by atoms with Gasteiger partial charge < -0.3 is 9.32 Å². The van der Waals surface area contributed by atoms with Crippen molar-refractivity contribution in [3.63, 3.8) is 0 Å². The average Bonchev–Trinajstić information content (AvgIpc) is 3.45. The van der Waals surface area contributed by atoms with Crippen LogP contribution in [0, 0.1) is 0 Å². The Morgan fingerprint density at radius 2 is 1.75 bits per heavy atom. The largest absolute Gasteiger partial charge is 0.438 e. The highest BCUT2D eigenvalue weighted by molar-refractivity contribution is 5.94. The van der Waals surface area contributed by atoms with Gasteiger partial charge in [-0.1, -0.05) is 42.5 Å². The highest BCUT2D eigenvalue weighted by Gasteiger charge is 2.35. The third-order valence-electron chi connectivity index (χ3n) is 5.77. The molecule has 2 heterocycles. The minimum absolute atomic E-state index is 0.0878. The zero-order chi connectivity index (χ0) is 22.3. The lowest BCUT2D eigenvalue weighted by Gasteiger charge is -2.22. The molecule has 4 nitrogen and oxygen atoms in total. The van der Waals surface area contributed by atoms with Gasteiger partial charge in [-0.2, -0.15) is 13.2 Å². The molecule has 3 aromatic carbocycles. The molecule has 1 atom stereocenters. The lowest BCUT2D eigenvalue weighted by atomic mass is 9.99. The Morgan fingerprint density at radius 3 is 2.53 bits per heavy atom. The standard InChI is InChI=1S/C25H19F3N2O2/c26-25(27,28)19-10-5-4-9-18(19)17-12-13-22-20(15-17)29-23(32-22)21-11-6-14-30(21)24(31)16-7-2-1-3-8-16/h1-5,7-10,12-13,15,21H,6,11,14H2. The van der Waals surface area contributed by atoms with Gasteiger partial charge in [0.1, 0.15) is 11.6 Å². The Kier molecular flexibility index (Phi) is 4.96. The number of aromatic nitrogens is 1. The summed E-state index contributed by atoms with van der Waals surface area (Å²) in [5, 5.41) is 0. The van der Waals surface area contributed by atoms with Crippen LogP contribution in [0.3, 0.4) is 0 Å². The molecule has 4 aromatic rings. The van der Waals surface area contributed by atoms with Gasteiger partial charge >= 0.3 is 6.18 Å². The maximum Gasteiger partial charge on any atom is 0.417 e. The zero-order valence-electron chi connectivity index (χ0n) is 17.0. The number of likely N-dealkylation sites (tertiary alicyclic amines) is 1. The second-order valence-electron chi connectivity index (χ2n) is 7.80.